The number of nitrogens with two attached hydrogens (primary N) is 1. The zero-order valence-electron chi connectivity index (χ0n) is 22.3. The van der Waals surface area contributed by atoms with Gasteiger partial charge < -0.3 is 25.8 Å². The third kappa shape index (κ3) is 6.95. The molecule has 2 aliphatic rings. The summed E-state index contributed by atoms with van der Waals surface area (Å²) >= 11 is 0. The molecule has 0 aliphatic carbocycles. The molecule has 3 N–H and O–H groups in total. The highest BCUT2D eigenvalue weighted by Gasteiger charge is 2.48. The maximum atomic E-state index is 14.5. The van der Waals surface area contributed by atoms with E-state index in [9.17, 15) is 36.3 Å². The molecule has 41 heavy (non-hydrogen) atoms. The molecule has 2 atom stereocenters. The first-order chi connectivity index (χ1) is 19.5. The van der Waals surface area contributed by atoms with Crippen molar-refractivity contribution in [2.24, 2.45) is 5.73 Å². The Morgan fingerprint density at radius 1 is 1.07 bits per heavy atom. The molecule has 2 aromatic rings. The number of carbonyl (C=O) groups is 3. The van der Waals surface area contributed by atoms with E-state index in [1.165, 1.54) is 32.9 Å². The van der Waals surface area contributed by atoms with Crippen molar-refractivity contribution >= 4 is 17.8 Å². The third-order valence-corrected chi connectivity index (χ3v) is 7.34. The van der Waals surface area contributed by atoms with Crippen LogP contribution in [0.3, 0.4) is 0 Å². The van der Waals surface area contributed by atoms with Crippen LogP contribution in [0.4, 0.5) is 26.7 Å². The molecule has 13 heteroatoms. The number of hydrogen-bond donors (Lipinski definition) is 2. The van der Waals surface area contributed by atoms with E-state index in [-0.39, 0.29) is 61.1 Å². The number of amides is 4. The summed E-state index contributed by atoms with van der Waals surface area (Å²) < 4.78 is 67.5. The van der Waals surface area contributed by atoms with E-state index < -0.39 is 42.5 Å². The zero-order valence-corrected chi connectivity index (χ0v) is 22.3. The molecule has 0 bridgehead atoms. The maximum Gasteiger partial charge on any atom is 0.416 e. The van der Waals surface area contributed by atoms with Gasteiger partial charge in [-0.25, -0.2) is 13.6 Å². The van der Waals surface area contributed by atoms with Crippen molar-refractivity contribution in [1.82, 2.24) is 20.0 Å². The molecule has 0 radical (unpaired) electrons. The lowest BCUT2D eigenvalue weighted by Gasteiger charge is -2.52. The van der Waals surface area contributed by atoms with Crippen LogP contribution in [0.15, 0.2) is 42.5 Å². The summed E-state index contributed by atoms with van der Waals surface area (Å²) in [5.74, 6) is -1.16. The number of fused-ring (bicyclic) bond motifs is 1. The molecule has 2 aliphatic heterocycles. The molecule has 0 unspecified atom stereocenters. The van der Waals surface area contributed by atoms with Crippen LogP contribution >= 0.6 is 0 Å². The lowest BCUT2D eigenvalue weighted by molar-refractivity contribution is -0.167. The number of piperazine rings is 1. The normalized spacial score (nSPS) is 19.4. The fraction of sp³-hybridized carbons (Fsp3) is 0.464. The summed E-state index contributed by atoms with van der Waals surface area (Å²) in [6.07, 6.45) is -4.13. The number of nitrogens with one attached hydrogen (secondary N) is 1. The average Bonchev–Trinajstić information content (AvgIpc) is 2.94. The summed E-state index contributed by atoms with van der Waals surface area (Å²) in [5, 5.41) is 2.58. The Hall–Kier alpha value is -3.74. The van der Waals surface area contributed by atoms with E-state index in [2.05, 4.69) is 5.32 Å². The highest BCUT2D eigenvalue weighted by molar-refractivity contribution is 5.91. The first-order valence-corrected chi connectivity index (χ1v) is 13.4. The summed E-state index contributed by atoms with van der Waals surface area (Å²) in [7, 11) is 0. The minimum Gasteiger partial charge on any atom is -0.334 e. The largest absolute Gasteiger partial charge is 0.416 e. The minimum atomic E-state index is -4.69. The van der Waals surface area contributed by atoms with Gasteiger partial charge in [-0.2, -0.15) is 13.2 Å². The molecule has 2 aromatic carbocycles. The van der Waals surface area contributed by atoms with E-state index in [1.54, 1.807) is 12.1 Å². The van der Waals surface area contributed by atoms with Gasteiger partial charge in [-0.05, 0) is 55.1 Å². The lowest BCUT2D eigenvalue weighted by atomic mass is 9.98. The first kappa shape index (κ1) is 30.2. The van der Waals surface area contributed by atoms with Crippen LogP contribution in [0, 0.1) is 5.82 Å². The minimum absolute atomic E-state index is 0.0153. The fourth-order valence-electron chi connectivity index (χ4n) is 5.34. The number of unbranched alkanes of at least 4 members (excludes halogenated alkanes) is 1. The van der Waals surface area contributed by atoms with E-state index >= 15 is 0 Å². The van der Waals surface area contributed by atoms with E-state index in [0.29, 0.717) is 31.9 Å². The van der Waals surface area contributed by atoms with Crippen LogP contribution in [0.25, 0.3) is 0 Å². The van der Waals surface area contributed by atoms with Gasteiger partial charge in [0.25, 0.3) is 0 Å². The van der Waals surface area contributed by atoms with Gasteiger partial charge in [0.05, 0.1) is 12.1 Å². The lowest BCUT2D eigenvalue weighted by Crippen LogP contribution is -2.71. The van der Waals surface area contributed by atoms with Gasteiger partial charge in [0, 0.05) is 31.6 Å². The number of rotatable bonds is 9. The molecule has 4 amide bonds. The number of urea groups is 1. The second kappa shape index (κ2) is 12.8. The highest BCUT2D eigenvalue weighted by Crippen LogP contribution is 2.32. The summed E-state index contributed by atoms with van der Waals surface area (Å²) in [4.78, 5) is 44.1. The molecular formula is C28H32F5N5O3. The van der Waals surface area contributed by atoms with E-state index in [0.717, 1.165) is 6.07 Å². The van der Waals surface area contributed by atoms with Crippen molar-refractivity contribution in [2.75, 3.05) is 19.6 Å². The summed E-state index contributed by atoms with van der Waals surface area (Å²) in [6, 6.07) is 7.26. The highest BCUT2D eigenvalue weighted by atomic mass is 19.4. The Morgan fingerprint density at radius 3 is 2.49 bits per heavy atom. The molecule has 4 rings (SSSR count). The number of nitrogens with zero attached hydrogens (tertiary/aromatic N) is 3. The molecule has 2 heterocycles. The van der Waals surface area contributed by atoms with Crippen LogP contribution in [-0.4, -0.2) is 64.4 Å². The Labute approximate surface area is 234 Å². The quantitative estimate of drug-likeness (QED) is 0.347. The van der Waals surface area contributed by atoms with Crippen LogP contribution in [0.5, 0.6) is 0 Å². The van der Waals surface area contributed by atoms with Crippen LogP contribution in [-0.2, 0) is 35.5 Å². The Morgan fingerprint density at radius 2 is 1.80 bits per heavy atom. The Bertz CT molecular complexity index is 1270. The predicted octanol–water partition coefficient (Wildman–Crippen LogP) is 3.92. The third-order valence-electron chi connectivity index (χ3n) is 7.34. The molecule has 0 spiro atoms. The van der Waals surface area contributed by atoms with Crippen molar-refractivity contribution in [3.63, 3.8) is 0 Å². The molecule has 8 nitrogen and oxygen atoms in total. The van der Waals surface area contributed by atoms with Crippen molar-refractivity contribution in [3.05, 3.63) is 70.5 Å². The smallest absolute Gasteiger partial charge is 0.334 e. The number of carbonyl (C=O) groups excluding carboxylic acids is 3. The van der Waals surface area contributed by atoms with Crippen molar-refractivity contribution in [2.45, 2.75) is 63.8 Å². The van der Waals surface area contributed by atoms with Crippen molar-refractivity contribution < 1.29 is 36.3 Å². The van der Waals surface area contributed by atoms with E-state index in [1.807, 2.05) is 0 Å². The second-order valence-corrected chi connectivity index (χ2v) is 10.2. The Kier molecular flexibility index (Phi) is 9.46. The topological polar surface area (TPSA) is 99.0 Å². The molecule has 222 valence electrons. The van der Waals surface area contributed by atoms with Gasteiger partial charge in [-0.1, -0.05) is 24.3 Å². The maximum absolute atomic E-state index is 14.5. The van der Waals surface area contributed by atoms with Gasteiger partial charge in [-0.15, -0.1) is 0 Å². The van der Waals surface area contributed by atoms with Crippen molar-refractivity contribution in [1.29, 1.82) is 0 Å². The molecule has 2 fully saturated rings. The average molecular weight is 582 g/mol. The number of halogens is 5. The molecule has 0 saturated carbocycles. The van der Waals surface area contributed by atoms with Gasteiger partial charge in [0.1, 0.15) is 24.7 Å². The first-order valence-electron chi connectivity index (χ1n) is 13.4. The fourth-order valence-corrected chi connectivity index (χ4v) is 5.34. The zero-order chi connectivity index (χ0) is 29.7. The number of hydrogen-bond acceptors (Lipinski definition) is 4. The van der Waals surface area contributed by atoms with Gasteiger partial charge in [0.2, 0.25) is 11.8 Å². The van der Waals surface area contributed by atoms with Gasteiger partial charge >= 0.3 is 12.2 Å². The second-order valence-electron chi connectivity index (χ2n) is 10.2. The van der Waals surface area contributed by atoms with E-state index in [4.69, 9.17) is 5.73 Å². The monoisotopic (exact) mass is 581 g/mol. The number of alkyl halides is 4. The Balaban J connectivity index is 1.57. The van der Waals surface area contributed by atoms with Gasteiger partial charge in [0.15, 0.2) is 0 Å². The van der Waals surface area contributed by atoms with Crippen LogP contribution in [0.1, 0.15) is 47.9 Å². The van der Waals surface area contributed by atoms with Crippen LogP contribution in [0.2, 0.25) is 0 Å². The van der Waals surface area contributed by atoms with Crippen molar-refractivity contribution in [3.8, 4) is 0 Å². The predicted molar refractivity (Wildman–Crippen MR) is 139 cm³/mol. The SMILES string of the molecule is NCCCC[C@H]1C(=O)N(Cc2ccccc2F)C[C@@H]2N(C(=O)NCc3cc(CF)cc(C(F)(F)F)c3)CCC(=O)N21. The van der Waals surface area contributed by atoms with Gasteiger partial charge in [-0.3, -0.25) is 9.59 Å². The summed E-state index contributed by atoms with van der Waals surface area (Å²) in [5.41, 5.74) is 4.76. The van der Waals surface area contributed by atoms with Crippen LogP contribution < -0.4 is 11.1 Å². The molecular weight excluding hydrogens is 549 g/mol. The molecule has 0 aromatic heterocycles. The summed E-state index contributed by atoms with van der Waals surface area (Å²) in [6.45, 7) is -1.15. The molecule has 2 saturated heterocycles. The number of benzene rings is 2. The standard InChI is InChI=1S/C28H32F5N5O3/c29-14-18-11-19(13-21(12-18)28(31,32)33)15-35-27(41)37-10-8-25(39)38-23(7-3-4-9-34)26(40)36(17-24(37)38)16-20-5-1-2-6-22(20)30/h1-2,5-6,11-13,23-24H,3-4,7-10,14-17,34H2,(H,35,41)/t23-,24+/m0/s1.